The van der Waals surface area contributed by atoms with E-state index in [-0.39, 0.29) is 6.29 Å². The van der Waals surface area contributed by atoms with E-state index in [1.807, 2.05) is 31.2 Å². The highest BCUT2D eigenvalue weighted by molar-refractivity contribution is 5.26. The predicted octanol–water partition coefficient (Wildman–Crippen LogP) is 2.64. The monoisotopic (exact) mass is 190 g/mol. The molecule has 2 nitrogen and oxygen atoms in total. The van der Waals surface area contributed by atoms with Crippen molar-refractivity contribution in [2.75, 3.05) is 0 Å². The molecule has 0 bridgehead atoms. The Morgan fingerprint density at radius 1 is 1.14 bits per heavy atom. The highest BCUT2D eigenvalue weighted by Gasteiger charge is 2.13. The molecule has 14 heavy (non-hydrogen) atoms. The number of fused-ring (bicyclic) bond motifs is 1. The van der Waals surface area contributed by atoms with Gasteiger partial charge in [-0.15, -0.1) is 0 Å². The van der Waals surface area contributed by atoms with Crippen LogP contribution in [0, 0.1) is 0 Å². The summed E-state index contributed by atoms with van der Waals surface area (Å²) in [5.74, 6) is 0. The van der Waals surface area contributed by atoms with E-state index in [1.54, 1.807) is 0 Å². The summed E-state index contributed by atoms with van der Waals surface area (Å²) in [6.07, 6.45) is 3.67. The van der Waals surface area contributed by atoms with Crippen molar-refractivity contribution in [3.05, 3.63) is 47.5 Å². The van der Waals surface area contributed by atoms with E-state index >= 15 is 0 Å². The first-order valence-electron chi connectivity index (χ1n) is 4.83. The van der Waals surface area contributed by atoms with Gasteiger partial charge < -0.3 is 9.47 Å². The molecule has 0 aliphatic carbocycles. The van der Waals surface area contributed by atoms with Gasteiger partial charge in [0.25, 0.3) is 0 Å². The summed E-state index contributed by atoms with van der Waals surface area (Å²) in [4.78, 5) is 0. The number of ether oxygens (including phenoxy) is 2. The fourth-order valence-electron chi connectivity index (χ4n) is 1.50. The normalized spacial score (nSPS) is 18.1. The van der Waals surface area contributed by atoms with Gasteiger partial charge in [-0.3, -0.25) is 0 Å². The first-order valence-corrected chi connectivity index (χ1v) is 4.83. The zero-order chi connectivity index (χ0) is 9.80. The zero-order valence-electron chi connectivity index (χ0n) is 8.27. The lowest BCUT2D eigenvalue weighted by molar-refractivity contribution is -0.117. The molecular weight excluding hydrogens is 176 g/mol. The first kappa shape index (κ1) is 9.44. The Hall–Kier alpha value is -1.12. The Morgan fingerprint density at radius 2 is 1.71 bits per heavy atom. The topological polar surface area (TPSA) is 18.5 Å². The minimum absolute atomic E-state index is 0.201. The van der Waals surface area contributed by atoms with Crippen molar-refractivity contribution in [1.82, 2.24) is 0 Å². The molecule has 1 aliphatic heterocycles. The molecule has 1 aromatic carbocycles. The van der Waals surface area contributed by atoms with Crippen LogP contribution in [0.4, 0.5) is 0 Å². The fraction of sp³-hybridized carbons (Fsp3) is 0.333. The third-order valence-corrected chi connectivity index (χ3v) is 2.27. The van der Waals surface area contributed by atoms with E-state index in [4.69, 9.17) is 9.47 Å². The zero-order valence-corrected chi connectivity index (χ0v) is 8.27. The van der Waals surface area contributed by atoms with Gasteiger partial charge in [-0.05, 0) is 24.1 Å². The molecule has 1 aromatic rings. The summed E-state index contributed by atoms with van der Waals surface area (Å²) in [6, 6.07) is 8.21. The molecule has 1 aliphatic rings. The molecule has 0 saturated heterocycles. The summed E-state index contributed by atoms with van der Waals surface area (Å²) >= 11 is 0. The maximum absolute atomic E-state index is 5.56. The second kappa shape index (κ2) is 4.40. The van der Waals surface area contributed by atoms with Crippen LogP contribution >= 0.6 is 0 Å². The SMILES string of the molecule is C/C=C\C1OCc2ccccc2CO1. The van der Waals surface area contributed by atoms with Gasteiger partial charge in [-0.1, -0.05) is 30.3 Å². The average molecular weight is 190 g/mol. The molecule has 2 heteroatoms. The second-order valence-corrected chi connectivity index (χ2v) is 3.28. The maximum atomic E-state index is 5.56. The lowest BCUT2D eigenvalue weighted by Crippen LogP contribution is -2.10. The molecule has 0 aromatic heterocycles. The average Bonchev–Trinajstić information content (AvgIpc) is 2.42. The predicted molar refractivity (Wildman–Crippen MR) is 54.6 cm³/mol. The number of rotatable bonds is 1. The smallest absolute Gasteiger partial charge is 0.177 e. The minimum Gasteiger partial charge on any atom is -0.344 e. The molecule has 0 fully saturated rings. The molecule has 0 radical (unpaired) electrons. The van der Waals surface area contributed by atoms with Crippen molar-refractivity contribution in [3.8, 4) is 0 Å². The number of hydrogen-bond donors (Lipinski definition) is 0. The number of benzene rings is 1. The molecule has 2 rings (SSSR count). The first-order chi connectivity index (χ1) is 6.90. The highest BCUT2D eigenvalue weighted by Crippen LogP contribution is 2.18. The Labute approximate surface area is 84.2 Å². The third-order valence-electron chi connectivity index (χ3n) is 2.27. The summed E-state index contributed by atoms with van der Waals surface area (Å²) in [5, 5.41) is 0. The lowest BCUT2D eigenvalue weighted by atomic mass is 10.1. The molecule has 74 valence electrons. The van der Waals surface area contributed by atoms with E-state index in [0.717, 1.165) is 0 Å². The van der Waals surface area contributed by atoms with Crippen LogP contribution in [0.2, 0.25) is 0 Å². The molecule has 0 atom stereocenters. The third kappa shape index (κ3) is 2.03. The molecule has 0 spiro atoms. The Balaban J connectivity index is 2.14. The van der Waals surface area contributed by atoms with Crippen molar-refractivity contribution in [1.29, 1.82) is 0 Å². The van der Waals surface area contributed by atoms with Crippen molar-refractivity contribution < 1.29 is 9.47 Å². The van der Waals surface area contributed by atoms with Crippen molar-refractivity contribution in [3.63, 3.8) is 0 Å². The maximum Gasteiger partial charge on any atom is 0.177 e. The second-order valence-electron chi connectivity index (χ2n) is 3.28. The van der Waals surface area contributed by atoms with Crippen molar-refractivity contribution in [2.45, 2.75) is 26.4 Å². The summed E-state index contributed by atoms with van der Waals surface area (Å²) in [5.41, 5.74) is 2.44. The Kier molecular flexibility index (Phi) is 2.96. The van der Waals surface area contributed by atoms with Crippen LogP contribution in [0.3, 0.4) is 0 Å². The van der Waals surface area contributed by atoms with Gasteiger partial charge in [0, 0.05) is 0 Å². The fourth-order valence-corrected chi connectivity index (χ4v) is 1.50. The van der Waals surface area contributed by atoms with Crippen LogP contribution in [0.1, 0.15) is 18.1 Å². The van der Waals surface area contributed by atoms with E-state index in [0.29, 0.717) is 13.2 Å². The van der Waals surface area contributed by atoms with Crippen LogP contribution < -0.4 is 0 Å². The highest BCUT2D eigenvalue weighted by atomic mass is 16.7. The molecule has 0 N–H and O–H groups in total. The van der Waals surface area contributed by atoms with Gasteiger partial charge in [0.15, 0.2) is 6.29 Å². The summed E-state index contributed by atoms with van der Waals surface area (Å²) < 4.78 is 11.1. The van der Waals surface area contributed by atoms with E-state index in [2.05, 4.69) is 12.1 Å². The van der Waals surface area contributed by atoms with Crippen LogP contribution in [0.15, 0.2) is 36.4 Å². The van der Waals surface area contributed by atoms with Gasteiger partial charge in [0.1, 0.15) is 0 Å². The van der Waals surface area contributed by atoms with Crippen LogP contribution in [-0.2, 0) is 22.7 Å². The summed E-state index contributed by atoms with van der Waals surface area (Å²) in [6.45, 7) is 3.22. The van der Waals surface area contributed by atoms with Crippen LogP contribution in [-0.4, -0.2) is 6.29 Å². The number of hydrogen-bond acceptors (Lipinski definition) is 2. The van der Waals surface area contributed by atoms with Gasteiger partial charge >= 0.3 is 0 Å². The molecular formula is C12H14O2. The minimum atomic E-state index is -0.201. The molecule has 0 saturated carbocycles. The van der Waals surface area contributed by atoms with Gasteiger partial charge in [0.05, 0.1) is 13.2 Å². The molecule has 1 heterocycles. The van der Waals surface area contributed by atoms with Gasteiger partial charge in [-0.25, -0.2) is 0 Å². The van der Waals surface area contributed by atoms with E-state index in [9.17, 15) is 0 Å². The number of allylic oxidation sites excluding steroid dienone is 1. The van der Waals surface area contributed by atoms with E-state index < -0.39 is 0 Å². The van der Waals surface area contributed by atoms with Crippen LogP contribution in [0.5, 0.6) is 0 Å². The van der Waals surface area contributed by atoms with Crippen LogP contribution in [0.25, 0.3) is 0 Å². The van der Waals surface area contributed by atoms with Gasteiger partial charge in [-0.2, -0.15) is 0 Å². The Bertz CT molecular complexity index is 304. The molecule has 0 amide bonds. The Morgan fingerprint density at radius 3 is 2.21 bits per heavy atom. The van der Waals surface area contributed by atoms with Gasteiger partial charge in [0.2, 0.25) is 0 Å². The lowest BCUT2D eigenvalue weighted by Gasteiger charge is -2.09. The molecule has 0 unspecified atom stereocenters. The largest absolute Gasteiger partial charge is 0.344 e. The van der Waals surface area contributed by atoms with E-state index in [1.165, 1.54) is 11.1 Å². The standard InChI is InChI=1S/C12H14O2/c1-2-5-12-13-8-10-6-3-4-7-11(10)9-14-12/h2-7,12H,8-9H2,1H3/b5-2-. The van der Waals surface area contributed by atoms with Crippen molar-refractivity contribution >= 4 is 0 Å². The quantitative estimate of drug-likeness (QED) is 0.634. The summed E-state index contributed by atoms with van der Waals surface area (Å²) in [7, 11) is 0. The van der Waals surface area contributed by atoms with Crippen molar-refractivity contribution in [2.24, 2.45) is 0 Å².